The van der Waals surface area contributed by atoms with Gasteiger partial charge in [0.25, 0.3) is 5.56 Å². The van der Waals surface area contributed by atoms with Gasteiger partial charge < -0.3 is 15.1 Å². The molecule has 1 aromatic carbocycles. The summed E-state index contributed by atoms with van der Waals surface area (Å²) in [4.78, 5) is 53.4. The Morgan fingerprint density at radius 2 is 1.73 bits per heavy atom. The number of para-hydroxylation sites is 1. The van der Waals surface area contributed by atoms with E-state index in [0.29, 0.717) is 31.9 Å². The molecule has 2 aliphatic heterocycles. The van der Waals surface area contributed by atoms with Gasteiger partial charge in [-0.25, -0.2) is 9.18 Å². The summed E-state index contributed by atoms with van der Waals surface area (Å²) in [6, 6.07) is 6.49. The van der Waals surface area contributed by atoms with Crippen LogP contribution < -0.4 is 21.5 Å². The molecule has 0 spiro atoms. The number of aromatic nitrogens is 2. The molecule has 3 heterocycles. The van der Waals surface area contributed by atoms with Crippen molar-refractivity contribution in [1.29, 1.82) is 0 Å². The second kappa shape index (κ2) is 7.43. The van der Waals surface area contributed by atoms with E-state index >= 15 is 0 Å². The molecule has 1 saturated heterocycles. The van der Waals surface area contributed by atoms with Crippen molar-refractivity contribution >= 4 is 23.3 Å². The Kier molecular flexibility index (Phi) is 4.92. The van der Waals surface area contributed by atoms with E-state index in [9.17, 15) is 23.6 Å². The zero-order valence-corrected chi connectivity index (χ0v) is 16.7. The molecular formula is C20H22FN5O4. The lowest BCUT2D eigenvalue weighted by atomic mass is 9.98. The van der Waals surface area contributed by atoms with Gasteiger partial charge in [-0.2, -0.15) is 0 Å². The van der Waals surface area contributed by atoms with Gasteiger partial charge in [-0.05, 0) is 12.1 Å². The van der Waals surface area contributed by atoms with Gasteiger partial charge in [0.2, 0.25) is 11.8 Å². The maximum absolute atomic E-state index is 14.0. The van der Waals surface area contributed by atoms with Crippen molar-refractivity contribution in [2.24, 2.45) is 14.1 Å². The van der Waals surface area contributed by atoms with E-state index in [4.69, 9.17) is 0 Å². The average molecular weight is 415 g/mol. The van der Waals surface area contributed by atoms with Crippen molar-refractivity contribution in [2.75, 3.05) is 36.4 Å². The average Bonchev–Trinajstić information content (AvgIpc) is 3.07. The fourth-order valence-electron chi connectivity index (χ4n) is 4.07. The number of hydrogen-bond donors (Lipinski definition) is 1. The lowest BCUT2D eigenvalue weighted by Crippen LogP contribution is -2.49. The maximum Gasteiger partial charge on any atom is 0.332 e. The van der Waals surface area contributed by atoms with Crippen LogP contribution in [-0.4, -0.2) is 52.0 Å². The molecule has 9 nitrogen and oxygen atoms in total. The van der Waals surface area contributed by atoms with Crippen LogP contribution in [0.25, 0.3) is 0 Å². The Morgan fingerprint density at radius 3 is 2.40 bits per heavy atom. The molecule has 0 aliphatic carbocycles. The Bertz CT molecular complexity index is 1150. The normalized spacial score (nSPS) is 18.4. The number of piperazine rings is 1. The minimum Gasteiger partial charge on any atom is -0.366 e. The molecule has 30 heavy (non-hydrogen) atoms. The standard InChI is InChI=1S/C20H22FN5O4/c1-23-17-16(19(29)24(2)20(23)30)12(18(28)22-17)11-15(27)26-9-7-25(8-10-26)14-6-4-3-5-13(14)21/h3-6,12H,7-11H2,1-2H3,(H,22,28). The summed E-state index contributed by atoms with van der Waals surface area (Å²) in [5.74, 6) is -1.83. The van der Waals surface area contributed by atoms with Crippen molar-refractivity contribution in [2.45, 2.75) is 12.3 Å². The summed E-state index contributed by atoms with van der Waals surface area (Å²) in [7, 11) is 2.81. The smallest absolute Gasteiger partial charge is 0.332 e. The van der Waals surface area contributed by atoms with Crippen molar-refractivity contribution in [1.82, 2.24) is 14.0 Å². The predicted molar refractivity (Wildman–Crippen MR) is 108 cm³/mol. The molecule has 158 valence electrons. The van der Waals surface area contributed by atoms with Gasteiger partial charge in [0, 0.05) is 46.7 Å². The summed E-state index contributed by atoms with van der Waals surface area (Å²) in [5.41, 5.74) is -0.482. The van der Waals surface area contributed by atoms with Crippen molar-refractivity contribution in [3.8, 4) is 0 Å². The second-order valence-electron chi connectivity index (χ2n) is 7.53. The van der Waals surface area contributed by atoms with E-state index in [-0.39, 0.29) is 29.5 Å². The molecule has 4 rings (SSSR count). The first-order chi connectivity index (χ1) is 14.3. The van der Waals surface area contributed by atoms with Crippen LogP contribution in [0.4, 0.5) is 15.9 Å². The first-order valence-electron chi connectivity index (χ1n) is 9.67. The number of anilines is 2. The summed E-state index contributed by atoms with van der Waals surface area (Å²) in [6.45, 7) is 1.71. The molecule has 10 heteroatoms. The zero-order valence-electron chi connectivity index (χ0n) is 16.7. The van der Waals surface area contributed by atoms with E-state index in [1.54, 1.807) is 23.1 Å². The molecule has 2 aromatic rings. The molecule has 2 amide bonds. The minimum absolute atomic E-state index is 0.142. The largest absolute Gasteiger partial charge is 0.366 e. The van der Waals surface area contributed by atoms with Gasteiger partial charge in [-0.1, -0.05) is 12.1 Å². The van der Waals surface area contributed by atoms with Gasteiger partial charge in [0.05, 0.1) is 17.2 Å². The van der Waals surface area contributed by atoms with E-state index in [1.165, 1.54) is 24.7 Å². The number of benzene rings is 1. The van der Waals surface area contributed by atoms with Crippen LogP contribution >= 0.6 is 0 Å². The van der Waals surface area contributed by atoms with Gasteiger partial charge in [-0.3, -0.25) is 23.5 Å². The highest BCUT2D eigenvalue weighted by Gasteiger charge is 2.38. The van der Waals surface area contributed by atoms with Crippen LogP contribution in [0.1, 0.15) is 17.9 Å². The summed E-state index contributed by atoms with van der Waals surface area (Å²) >= 11 is 0. The first kappa shape index (κ1) is 19.9. The van der Waals surface area contributed by atoms with Crippen LogP contribution in [0.5, 0.6) is 0 Å². The van der Waals surface area contributed by atoms with Crippen LogP contribution in [0, 0.1) is 5.82 Å². The molecule has 0 radical (unpaired) electrons. The summed E-state index contributed by atoms with van der Waals surface area (Å²) in [5, 5.41) is 2.56. The number of nitrogens with zero attached hydrogens (tertiary/aromatic N) is 4. The van der Waals surface area contributed by atoms with E-state index in [2.05, 4.69) is 5.32 Å². The minimum atomic E-state index is -0.942. The van der Waals surface area contributed by atoms with Crippen LogP contribution in [0.15, 0.2) is 33.9 Å². The van der Waals surface area contributed by atoms with E-state index in [1.807, 2.05) is 4.90 Å². The fraction of sp³-hybridized carbons (Fsp3) is 0.400. The van der Waals surface area contributed by atoms with Crippen molar-refractivity contribution in [3.05, 3.63) is 56.5 Å². The third kappa shape index (κ3) is 3.17. The number of halogens is 1. The molecule has 1 N–H and O–H groups in total. The number of nitrogens with one attached hydrogen (secondary N) is 1. The molecule has 1 aromatic heterocycles. The number of hydrogen-bond acceptors (Lipinski definition) is 5. The highest BCUT2D eigenvalue weighted by Crippen LogP contribution is 2.31. The Balaban J connectivity index is 1.49. The predicted octanol–water partition coefficient (Wildman–Crippen LogP) is -0.00230. The molecule has 0 saturated carbocycles. The number of rotatable bonds is 3. The molecule has 0 bridgehead atoms. The fourth-order valence-corrected chi connectivity index (χ4v) is 4.07. The quantitative estimate of drug-likeness (QED) is 0.761. The molecule has 1 unspecified atom stereocenters. The monoisotopic (exact) mass is 415 g/mol. The van der Waals surface area contributed by atoms with Gasteiger partial charge in [0.15, 0.2) is 0 Å². The van der Waals surface area contributed by atoms with Crippen LogP contribution in [-0.2, 0) is 23.7 Å². The zero-order chi connectivity index (χ0) is 21.6. The lowest BCUT2D eigenvalue weighted by Gasteiger charge is -2.36. The molecule has 1 fully saturated rings. The summed E-state index contributed by atoms with van der Waals surface area (Å²) in [6.07, 6.45) is -0.161. The Hall–Kier alpha value is -3.43. The number of amides is 2. The summed E-state index contributed by atoms with van der Waals surface area (Å²) < 4.78 is 16.1. The molecule has 2 aliphatic rings. The highest BCUT2D eigenvalue weighted by atomic mass is 19.1. The maximum atomic E-state index is 14.0. The number of carbonyl (C=O) groups excluding carboxylic acids is 2. The Labute approximate surface area is 171 Å². The third-order valence-corrected chi connectivity index (χ3v) is 5.81. The molecular weight excluding hydrogens is 393 g/mol. The topological polar surface area (TPSA) is 96.7 Å². The van der Waals surface area contributed by atoms with Crippen LogP contribution in [0.2, 0.25) is 0 Å². The third-order valence-electron chi connectivity index (χ3n) is 5.81. The van der Waals surface area contributed by atoms with E-state index in [0.717, 1.165) is 4.57 Å². The Morgan fingerprint density at radius 1 is 1.07 bits per heavy atom. The van der Waals surface area contributed by atoms with Crippen molar-refractivity contribution < 1.29 is 14.0 Å². The van der Waals surface area contributed by atoms with Crippen molar-refractivity contribution in [3.63, 3.8) is 0 Å². The second-order valence-corrected chi connectivity index (χ2v) is 7.53. The van der Waals surface area contributed by atoms with Gasteiger partial charge >= 0.3 is 5.69 Å². The molecule has 1 atom stereocenters. The lowest BCUT2D eigenvalue weighted by molar-refractivity contribution is -0.133. The number of carbonyl (C=O) groups is 2. The van der Waals surface area contributed by atoms with Gasteiger partial charge in [-0.15, -0.1) is 0 Å². The van der Waals surface area contributed by atoms with Gasteiger partial charge in [0.1, 0.15) is 11.6 Å². The van der Waals surface area contributed by atoms with Crippen LogP contribution in [0.3, 0.4) is 0 Å². The highest BCUT2D eigenvalue weighted by molar-refractivity contribution is 6.04. The SMILES string of the molecule is Cn1c2c(c(=O)n(C)c1=O)C(CC(=O)N1CCN(c3ccccc3F)CC1)C(=O)N2. The van der Waals surface area contributed by atoms with E-state index < -0.39 is 23.1 Å². The number of fused-ring (bicyclic) bond motifs is 1. The first-order valence-corrected chi connectivity index (χ1v) is 9.67.